The molecule has 9 rings (SSSR count). The normalized spacial score (nSPS) is 13.3. The van der Waals surface area contributed by atoms with E-state index in [-0.39, 0.29) is 17.5 Å². The topological polar surface area (TPSA) is 6.48 Å². The van der Waals surface area contributed by atoms with Gasteiger partial charge < -0.3 is 9.80 Å². The predicted octanol–water partition coefficient (Wildman–Crippen LogP) is 12.3. The highest BCUT2D eigenvalue weighted by Crippen LogP contribution is 2.48. The van der Waals surface area contributed by atoms with Gasteiger partial charge in [0.2, 0.25) is 0 Å². The van der Waals surface area contributed by atoms with Crippen LogP contribution in [0, 0.1) is 13.8 Å². The average molecular weight is 713 g/mol. The Kier molecular flexibility index (Phi) is 8.20. The van der Waals surface area contributed by atoms with Crippen LogP contribution in [0.4, 0.5) is 34.1 Å². The monoisotopic (exact) mass is 712 g/mol. The molecule has 0 radical (unpaired) electrons. The van der Waals surface area contributed by atoms with Gasteiger partial charge in [-0.3, -0.25) is 0 Å². The molecule has 0 amide bonds. The van der Waals surface area contributed by atoms with Crippen molar-refractivity contribution < 1.29 is 0 Å². The van der Waals surface area contributed by atoms with E-state index in [0.29, 0.717) is 0 Å². The first kappa shape index (κ1) is 34.9. The largest absolute Gasteiger partial charge is 0.311 e. The summed E-state index contributed by atoms with van der Waals surface area (Å²) >= 11 is 0. The van der Waals surface area contributed by atoms with Crippen molar-refractivity contribution in [2.24, 2.45) is 0 Å². The summed E-state index contributed by atoms with van der Waals surface area (Å²) in [6.45, 7) is 18.5. The van der Waals surface area contributed by atoms with E-state index < -0.39 is 0 Å². The van der Waals surface area contributed by atoms with Crippen LogP contribution in [0.15, 0.2) is 152 Å². The third kappa shape index (κ3) is 5.71. The molecule has 0 unspecified atom stereocenters. The first-order valence-electron chi connectivity index (χ1n) is 19.7. The fourth-order valence-electron chi connectivity index (χ4n) is 8.94. The standard InChI is InChI=1S/C52H49BN2/c1-34-18-9-11-20-38(34)40-22-13-15-24-44(40)54-46-30-28-36(51(3,4)5)32-42(46)53-43-33-37(52(6,7)8)29-31-47(43)55(49-27-17-26-48(54)50(49)53)45-25-16-14-23-41(45)39-21-12-10-19-35(39)2/h9-33H,1-8H3. The molecule has 7 aromatic carbocycles. The molecule has 0 saturated heterocycles. The number of benzene rings is 7. The lowest BCUT2D eigenvalue weighted by Gasteiger charge is -2.45. The number of para-hydroxylation sites is 2. The van der Waals surface area contributed by atoms with E-state index in [4.69, 9.17) is 0 Å². The summed E-state index contributed by atoms with van der Waals surface area (Å²) in [6, 6.07) is 57.0. The zero-order valence-corrected chi connectivity index (χ0v) is 33.4. The molecule has 0 aliphatic carbocycles. The van der Waals surface area contributed by atoms with Gasteiger partial charge in [0.15, 0.2) is 0 Å². The van der Waals surface area contributed by atoms with Crippen LogP contribution in [0.5, 0.6) is 0 Å². The summed E-state index contributed by atoms with van der Waals surface area (Å²) < 4.78 is 0. The molecule has 3 heteroatoms. The van der Waals surface area contributed by atoms with Crippen LogP contribution in [-0.2, 0) is 10.8 Å². The van der Waals surface area contributed by atoms with Gasteiger partial charge in [0.25, 0.3) is 6.71 Å². The van der Waals surface area contributed by atoms with Crippen LogP contribution in [-0.4, -0.2) is 6.71 Å². The zero-order chi connectivity index (χ0) is 38.2. The Morgan fingerprint density at radius 1 is 0.364 bits per heavy atom. The number of fused-ring (bicyclic) bond motifs is 4. The van der Waals surface area contributed by atoms with E-state index in [0.717, 1.165) is 0 Å². The number of hydrogen-bond donors (Lipinski definition) is 0. The van der Waals surface area contributed by atoms with Crippen LogP contribution in [0.2, 0.25) is 0 Å². The molecule has 2 aliphatic rings. The quantitative estimate of drug-likeness (QED) is 0.168. The Labute approximate surface area is 328 Å². The molecular weight excluding hydrogens is 663 g/mol. The van der Waals surface area contributed by atoms with E-state index in [9.17, 15) is 0 Å². The minimum Gasteiger partial charge on any atom is -0.311 e. The Morgan fingerprint density at radius 3 is 1.13 bits per heavy atom. The number of rotatable bonds is 4. The zero-order valence-electron chi connectivity index (χ0n) is 33.4. The average Bonchev–Trinajstić information content (AvgIpc) is 3.17. The van der Waals surface area contributed by atoms with Crippen molar-refractivity contribution >= 4 is 57.2 Å². The molecular formula is C52H49BN2. The second kappa shape index (κ2) is 12.9. The molecule has 0 fully saturated rings. The molecule has 0 saturated carbocycles. The molecule has 2 nitrogen and oxygen atoms in total. The second-order valence-electron chi connectivity index (χ2n) is 17.5. The van der Waals surface area contributed by atoms with Crippen LogP contribution in [0.25, 0.3) is 22.3 Å². The lowest BCUT2D eigenvalue weighted by Crippen LogP contribution is -2.61. The SMILES string of the molecule is Cc1ccccc1-c1ccccc1N1c2ccc(C(C)(C)C)cc2B2c3cc(C(C)(C)C)ccc3N(c3ccccc3-c3ccccc3C)c3cccc1c32. The number of anilines is 6. The molecule has 2 aliphatic heterocycles. The Balaban J connectivity index is 1.40. The van der Waals surface area contributed by atoms with Crippen molar-refractivity contribution in [2.75, 3.05) is 9.80 Å². The third-order valence-corrected chi connectivity index (χ3v) is 11.9. The molecule has 2 heterocycles. The van der Waals surface area contributed by atoms with Gasteiger partial charge in [-0.05, 0) is 111 Å². The summed E-state index contributed by atoms with van der Waals surface area (Å²) in [5, 5.41) is 0. The summed E-state index contributed by atoms with van der Waals surface area (Å²) in [7, 11) is 0. The molecule has 0 bridgehead atoms. The lowest BCUT2D eigenvalue weighted by molar-refractivity contribution is 0.590. The molecule has 0 N–H and O–H groups in total. The fourth-order valence-corrected chi connectivity index (χ4v) is 8.94. The lowest BCUT2D eigenvalue weighted by atomic mass is 9.33. The van der Waals surface area contributed by atoms with Crippen molar-refractivity contribution in [1.82, 2.24) is 0 Å². The molecule has 7 aromatic rings. The van der Waals surface area contributed by atoms with Crippen LogP contribution >= 0.6 is 0 Å². The van der Waals surface area contributed by atoms with Crippen molar-refractivity contribution in [2.45, 2.75) is 66.2 Å². The van der Waals surface area contributed by atoms with Gasteiger partial charge >= 0.3 is 0 Å². The van der Waals surface area contributed by atoms with E-state index in [1.807, 2.05) is 0 Å². The maximum atomic E-state index is 2.56. The minimum absolute atomic E-state index is 0.0119. The third-order valence-electron chi connectivity index (χ3n) is 11.9. The van der Waals surface area contributed by atoms with Crippen molar-refractivity contribution in [1.29, 1.82) is 0 Å². The summed E-state index contributed by atoms with van der Waals surface area (Å²) in [5.74, 6) is 0. The highest BCUT2D eigenvalue weighted by atomic mass is 15.2. The summed E-state index contributed by atoms with van der Waals surface area (Å²) in [5.41, 5.74) is 21.6. The van der Waals surface area contributed by atoms with E-state index in [1.165, 1.54) is 95.0 Å². The van der Waals surface area contributed by atoms with Gasteiger partial charge in [0, 0.05) is 33.9 Å². The smallest absolute Gasteiger partial charge is 0.252 e. The molecule has 0 atom stereocenters. The van der Waals surface area contributed by atoms with Crippen LogP contribution < -0.4 is 26.2 Å². The van der Waals surface area contributed by atoms with Gasteiger partial charge in [0.1, 0.15) is 0 Å². The Hall–Kier alpha value is -5.80. The van der Waals surface area contributed by atoms with Gasteiger partial charge in [0.05, 0.1) is 11.4 Å². The minimum atomic E-state index is -0.0119. The highest BCUT2D eigenvalue weighted by Gasteiger charge is 2.44. The first-order chi connectivity index (χ1) is 26.4. The number of hydrogen-bond acceptors (Lipinski definition) is 2. The molecule has 0 aromatic heterocycles. The van der Waals surface area contributed by atoms with Gasteiger partial charge in [-0.15, -0.1) is 0 Å². The van der Waals surface area contributed by atoms with Crippen molar-refractivity contribution in [3.63, 3.8) is 0 Å². The molecule has 270 valence electrons. The fraction of sp³-hybridized carbons (Fsp3) is 0.192. The van der Waals surface area contributed by atoms with Crippen molar-refractivity contribution in [3.05, 3.63) is 174 Å². The van der Waals surface area contributed by atoms with Crippen molar-refractivity contribution in [3.8, 4) is 22.3 Å². The van der Waals surface area contributed by atoms with Crippen LogP contribution in [0.3, 0.4) is 0 Å². The predicted molar refractivity (Wildman–Crippen MR) is 238 cm³/mol. The van der Waals surface area contributed by atoms with E-state index >= 15 is 0 Å². The first-order valence-corrected chi connectivity index (χ1v) is 19.7. The number of aryl methyl sites for hydroxylation is 2. The molecule has 0 spiro atoms. The highest BCUT2D eigenvalue weighted by molar-refractivity contribution is 7.00. The summed E-state index contributed by atoms with van der Waals surface area (Å²) in [6.07, 6.45) is 0. The van der Waals surface area contributed by atoms with Crippen LogP contribution in [0.1, 0.15) is 63.8 Å². The Morgan fingerprint density at radius 2 is 0.727 bits per heavy atom. The van der Waals surface area contributed by atoms with Gasteiger partial charge in [-0.2, -0.15) is 0 Å². The number of nitrogens with zero attached hydrogens (tertiary/aromatic N) is 2. The van der Waals surface area contributed by atoms with Gasteiger partial charge in [-0.1, -0.05) is 157 Å². The molecule has 55 heavy (non-hydrogen) atoms. The Bertz CT molecular complexity index is 2440. The van der Waals surface area contributed by atoms with Gasteiger partial charge in [-0.25, -0.2) is 0 Å². The van der Waals surface area contributed by atoms with E-state index in [2.05, 4.69) is 217 Å². The summed E-state index contributed by atoms with van der Waals surface area (Å²) in [4.78, 5) is 5.12. The maximum Gasteiger partial charge on any atom is 0.252 e. The van der Waals surface area contributed by atoms with E-state index in [1.54, 1.807) is 0 Å². The maximum absolute atomic E-state index is 2.56. The second-order valence-corrected chi connectivity index (χ2v) is 17.5.